The predicted octanol–water partition coefficient (Wildman–Crippen LogP) is 1.08. The largest absolute Gasteiger partial charge is 0.383 e. The number of anilines is 1. The molecule has 1 rings (SSSR count). The molecule has 1 aromatic rings. The van der Waals surface area contributed by atoms with Gasteiger partial charge in [-0.15, -0.1) is 0 Å². The minimum atomic E-state index is 0.770. The Bertz CT molecular complexity index is 311. The molecule has 0 spiro atoms. The summed E-state index contributed by atoms with van der Waals surface area (Å²) >= 11 is 0. The number of nitrogens with zero attached hydrogens (tertiary/aromatic N) is 1. The third-order valence-electron chi connectivity index (χ3n) is 2.74. The molecule has 102 valence electrons. The highest BCUT2D eigenvalue weighted by atomic mass is 16.5. The van der Waals surface area contributed by atoms with Gasteiger partial charge in [0.25, 0.3) is 0 Å². The van der Waals surface area contributed by atoms with Gasteiger partial charge >= 0.3 is 0 Å². The van der Waals surface area contributed by atoms with E-state index in [9.17, 15) is 0 Å². The summed E-state index contributed by atoms with van der Waals surface area (Å²) < 4.78 is 4.96. The molecule has 1 aromatic carbocycles. The second kappa shape index (κ2) is 8.91. The monoisotopic (exact) mass is 251 g/mol. The molecule has 4 nitrogen and oxygen atoms in total. The van der Waals surface area contributed by atoms with Crippen molar-refractivity contribution in [2.75, 3.05) is 52.3 Å². The fourth-order valence-corrected chi connectivity index (χ4v) is 1.62. The van der Waals surface area contributed by atoms with Crippen LogP contribution in [0.25, 0.3) is 0 Å². The Hall–Kier alpha value is -1.10. The summed E-state index contributed by atoms with van der Waals surface area (Å²) in [5, 5.41) is 6.71. The van der Waals surface area contributed by atoms with Gasteiger partial charge in [0.2, 0.25) is 0 Å². The first-order valence-corrected chi connectivity index (χ1v) is 6.40. The lowest BCUT2D eigenvalue weighted by molar-refractivity contribution is 0.199. The van der Waals surface area contributed by atoms with Gasteiger partial charge in [-0.25, -0.2) is 0 Å². The fraction of sp³-hybridized carbons (Fsp3) is 0.571. The first kappa shape index (κ1) is 15.0. The van der Waals surface area contributed by atoms with E-state index in [-0.39, 0.29) is 0 Å². The number of ether oxygens (including phenoxy) is 1. The Morgan fingerprint density at radius 3 is 2.28 bits per heavy atom. The lowest BCUT2D eigenvalue weighted by Gasteiger charge is -2.13. The van der Waals surface area contributed by atoms with E-state index in [4.69, 9.17) is 4.74 Å². The summed E-state index contributed by atoms with van der Waals surface area (Å²) in [6, 6.07) is 8.63. The van der Waals surface area contributed by atoms with Crippen molar-refractivity contribution in [2.24, 2.45) is 0 Å². The van der Waals surface area contributed by atoms with Crippen LogP contribution in [-0.4, -0.2) is 47.4 Å². The van der Waals surface area contributed by atoms with Gasteiger partial charge in [-0.3, -0.25) is 0 Å². The molecule has 0 amide bonds. The Morgan fingerprint density at radius 1 is 1.00 bits per heavy atom. The van der Waals surface area contributed by atoms with Gasteiger partial charge < -0.3 is 20.3 Å². The molecular formula is C14H25N3O. The molecule has 0 aliphatic rings. The van der Waals surface area contributed by atoms with E-state index in [0.29, 0.717) is 0 Å². The molecule has 2 N–H and O–H groups in total. The van der Waals surface area contributed by atoms with Crippen LogP contribution in [0.3, 0.4) is 0 Å². The van der Waals surface area contributed by atoms with Crippen LogP contribution < -0.4 is 15.5 Å². The summed E-state index contributed by atoms with van der Waals surface area (Å²) in [5.74, 6) is 0. The van der Waals surface area contributed by atoms with E-state index in [1.807, 2.05) is 0 Å². The zero-order valence-corrected chi connectivity index (χ0v) is 11.7. The van der Waals surface area contributed by atoms with E-state index >= 15 is 0 Å². The van der Waals surface area contributed by atoms with Gasteiger partial charge in [0.1, 0.15) is 0 Å². The van der Waals surface area contributed by atoms with Crippen molar-refractivity contribution in [1.29, 1.82) is 0 Å². The number of hydrogen-bond acceptors (Lipinski definition) is 4. The molecular weight excluding hydrogens is 226 g/mol. The van der Waals surface area contributed by atoms with Crippen molar-refractivity contribution < 1.29 is 4.74 Å². The number of hydrogen-bond donors (Lipinski definition) is 2. The average molecular weight is 251 g/mol. The smallest absolute Gasteiger partial charge is 0.0587 e. The lowest BCUT2D eigenvalue weighted by Crippen LogP contribution is -2.29. The van der Waals surface area contributed by atoms with E-state index in [1.54, 1.807) is 7.11 Å². The Morgan fingerprint density at radius 2 is 1.67 bits per heavy atom. The van der Waals surface area contributed by atoms with E-state index in [2.05, 4.69) is 53.9 Å². The zero-order chi connectivity index (χ0) is 13.2. The molecule has 0 saturated heterocycles. The molecule has 0 atom stereocenters. The van der Waals surface area contributed by atoms with Crippen molar-refractivity contribution >= 4 is 5.69 Å². The quantitative estimate of drug-likeness (QED) is 0.644. The Labute approximate surface area is 110 Å². The van der Waals surface area contributed by atoms with E-state index in [1.165, 1.54) is 11.3 Å². The van der Waals surface area contributed by atoms with Crippen molar-refractivity contribution in [3.8, 4) is 0 Å². The minimum Gasteiger partial charge on any atom is -0.383 e. The van der Waals surface area contributed by atoms with Gasteiger partial charge in [0.15, 0.2) is 0 Å². The first-order valence-electron chi connectivity index (χ1n) is 6.40. The Balaban J connectivity index is 2.12. The summed E-state index contributed by atoms with van der Waals surface area (Å²) in [7, 11) is 5.83. The summed E-state index contributed by atoms with van der Waals surface area (Å²) in [5.41, 5.74) is 2.55. The number of methoxy groups -OCH3 is 1. The molecule has 0 fully saturated rings. The average Bonchev–Trinajstić information content (AvgIpc) is 2.38. The summed E-state index contributed by atoms with van der Waals surface area (Å²) in [6.07, 6.45) is 0. The van der Waals surface area contributed by atoms with Crippen LogP contribution in [0, 0.1) is 0 Å². The molecule has 0 unspecified atom stereocenters. The van der Waals surface area contributed by atoms with Crippen molar-refractivity contribution in [2.45, 2.75) is 6.54 Å². The Kier molecular flexibility index (Phi) is 7.41. The van der Waals surface area contributed by atoms with Gasteiger partial charge in [-0.2, -0.15) is 0 Å². The van der Waals surface area contributed by atoms with Gasteiger partial charge in [-0.05, 0) is 17.7 Å². The van der Waals surface area contributed by atoms with Gasteiger partial charge in [-0.1, -0.05) is 12.1 Å². The highest BCUT2D eigenvalue weighted by Crippen LogP contribution is 2.11. The molecule has 0 saturated carbocycles. The predicted molar refractivity (Wildman–Crippen MR) is 77.2 cm³/mol. The van der Waals surface area contributed by atoms with E-state index < -0.39 is 0 Å². The van der Waals surface area contributed by atoms with Crippen LogP contribution in [0.1, 0.15) is 5.56 Å². The second-order valence-corrected chi connectivity index (χ2v) is 4.48. The minimum absolute atomic E-state index is 0.770. The number of benzene rings is 1. The normalized spacial score (nSPS) is 10.6. The SMILES string of the molecule is COCCNCCNCc1ccc(N(C)C)cc1. The highest BCUT2D eigenvalue weighted by molar-refractivity contribution is 5.45. The van der Waals surface area contributed by atoms with Crippen LogP contribution in [0.2, 0.25) is 0 Å². The second-order valence-electron chi connectivity index (χ2n) is 4.48. The standard InChI is InChI=1S/C14H25N3O/c1-17(2)14-6-4-13(5-7-14)12-16-9-8-15-10-11-18-3/h4-7,15-16H,8-12H2,1-3H3. The molecule has 18 heavy (non-hydrogen) atoms. The first-order chi connectivity index (χ1) is 8.74. The van der Waals surface area contributed by atoms with Crippen LogP contribution in [0.4, 0.5) is 5.69 Å². The lowest BCUT2D eigenvalue weighted by atomic mass is 10.2. The molecule has 0 aliphatic heterocycles. The van der Waals surface area contributed by atoms with Crippen molar-refractivity contribution in [1.82, 2.24) is 10.6 Å². The topological polar surface area (TPSA) is 36.5 Å². The van der Waals surface area contributed by atoms with Crippen LogP contribution in [-0.2, 0) is 11.3 Å². The van der Waals surface area contributed by atoms with E-state index in [0.717, 1.165) is 32.8 Å². The maximum absolute atomic E-state index is 4.96. The summed E-state index contributed by atoms with van der Waals surface area (Å²) in [6.45, 7) is 4.54. The third-order valence-corrected chi connectivity index (χ3v) is 2.74. The van der Waals surface area contributed by atoms with Crippen LogP contribution in [0.5, 0.6) is 0 Å². The van der Waals surface area contributed by atoms with Gasteiger partial charge in [0.05, 0.1) is 6.61 Å². The maximum atomic E-state index is 4.96. The molecule has 0 heterocycles. The third kappa shape index (κ3) is 6.00. The highest BCUT2D eigenvalue weighted by Gasteiger charge is 1.96. The molecule has 0 aliphatic carbocycles. The number of nitrogens with one attached hydrogen (secondary N) is 2. The molecule has 0 radical (unpaired) electrons. The molecule has 4 heteroatoms. The fourth-order valence-electron chi connectivity index (χ4n) is 1.62. The van der Waals surface area contributed by atoms with Gasteiger partial charge in [0, 0.05) is 53.1 Å². The number of rotatable bonds is 9. The molecule has 0 bridgehead atoms. The molecule has 0 aromatic heterocycles. The summed E-state index contributed by atoms with van der Waals surface area (Å²) in [4.78, 5) is 2.11. The van der Waals surface area contributed by atoms with Crippen molar-refractivity contribution in [3.63, 3.8) is 0 Å². The van der Waals surface area contributed by atoms with Crippen LogP contribution in [0.15, 0.2) is 24.3 Å². The van der Waals surface area contributed by atoms with Crippen LogP contribution >= 0.6 is 0 Å². The maximum Gasteiger partial charge on any atom is 0.0587 e. The van der Waals surface area contributed by atoms with Crippen molar-refractivity contribution in [3.05, 3.63) is 29.8 Å². The zero-order valence-electron chi connectivity index (χ0n) is 11.7.